The van der Waals surface area contributed by atoms with Crippen LogP contribution in [0.25, 0.3) is 17.0 Å². The molecule has 0 bridgehead atoms. The van der Waals surface area contributed by atoms with E-state index >= 15 is 0 Å². The highest BCUT2D eigenvalue weighted by molar-refractivity contribution is 6.22. The van der Waals surface area contributed by atoms with Gasteiger partial charge in [-0.05, 0) is 61.9 Å². The third kappa shape index (κ3) is 3.20. The molecule has 4 aromatic rings. The van der Waals surface area contributed by atoms with Gasteiger partial charge in [-0.3, -0.25) is 4.79 Å². The molecule has 146 valence electrons. The molecule has 5 nitrogen and oxygen atoms in total. The second-order valence-electron chi connectivity index (χ2n) is 7.45. The smallest absolute Gasteiger partial charge is 0.228 e. The molecule has 1 aromatic heterocycles. The van der Waals surface area contributed by atoms with Crippen LogP contribution >= 0.6 is 0 Å². The Hall–Kier alpha value is -3.99. The van der Waals surface area contributed by atoms with Gasteiger partial charge in [-0.1, -0.05) is 35.9 Å². The minimum absolute atomic E-state index is 0.0484. The Bertz CT molecular complexity index is 1330. The highest BCUT2D eigenvalue weighted by atomic mass is 16.1. The molecule has 0 fully saturated rings. The first-order valence-electron chi connectivity index (χ1n) is 9.82. The third-order valence-electron chi connectivity index (χ3n) is 5.21. The molecule has 0 unspecified atom stereocenters. The summed E-state index contributed by atoms with van der Waals surface area (Å²) in [6.07, 6.45) is 3.33. The molecule has 0 saturated heterocycles. The minimum Gasteiger partial charge on any atom is -0.355 e. The number of para-hydroxylation sites is 1. The fraction of sp³-hybridized carbons (Fsp3) is 0.0800. The van der Waals surface area contributed by atoms with Crippen LogP contribution in [-0.2, 0) is 0 Å². The van der Waals surface area contributed by atoms with E-state index in [4.69, 9.17) is 0 Å². The number of allylic oxidation sites excluding steroid dienone is 1. The van der Waals surface area contributed by atoms with Crippen molar-refractivity contribution in [3.05, 3.63) is 89.1 Å². The normalized spacial score (nSPS) is 12.3. The summed E-state index contributed by atoms with van der Waals surface area (Å²) in [5, 5.41) is 7.44. The van der Waals surface area contributed by atoms with Crippen molar-refractivity contribution < 1.29 is 4.79 Å². The molecule has 0 atom stereocenters. The van der Waals surface area contributed by atoms with Crippen LogP contribution in [0.15, 0.2) is 66.7 Å². The molecule has 0 aliphatic heterocycles. The van der Waals surface area contributed by atoms with Gasteiger partial charge in [0, 0.05) is 16.8 Å². The zero-order valence-electron chi connectivity index (χ0n) is 16.7. The Morgan fingerprint density at radius 1 is 0.800 bits per heavy atom. The van der Waals surface area contributed by atoms with Gasteiger partial charge in [0.15, 0.2) is 5.78 Å². The lowest BCUT2D eigenvalue weighted by atomic mass is 9.95. The van der Waals surface area contributed by atoms with E-state index in [0.717, 1.165) is 39.2 Å². The lowest BCUT2D eigenvalue weighted by Crippen LogP contribution is -2.10. The van der Waals surface area contributed by atoms with E-state index in [0.29, 0.717) is 11.5 Å². The Kier molecular flexibility index (Phi) is 4.29. The highest BCUT2D eigenvalue weighted by Crippen LogP contribution is 2.35. The van der Waals surface area contributed by atoms with E-state index in [2.05, 4.69) is 46.6 Å². The second-order valence-corrected chi connectivity index (χ2v) is 7.45. The van der Waals surface area contributed by atoms with Gasteiger partial charge in [-0.15, -0.1) is 0 Å². The average Bonchev–Trinajstić information content (AvgIpc) is 2.74. The maximum Gasteiger partial charge on any atom is 0.228 e. The van der Waals surface area contributed by atoms with Gasteiger partial charge in [0.2, 0.25) is 5.95 Å². The SMILES string of the molecule is Cc1ccc(Nc2ccc3nc(Nc4ccccc4)nc4c3c2C(=O)C=C4)c(C)c1. The quantitative estimate of drug-likeness (QED) is 0.450. The number of benzene rings is 3. The summed E-state index contributed by atoms with van der Waals surface area (Å²) < 4.78 is 0. The van der Waals surface area contributed by atoms with Crippen molar-refractivity contribution in [1.82, 2.24) is 9.97 Å². The van der Waals surface area contributed by atoms with Crippen LogP contribution in [0, 0.1) is 13.8 Å². The zero-order chi connectivity index (χ0) is 20.7. The summed E-state index contributed by atoms with van der Waals surface area (Å²) in [6.45, 7) is 4.12. The summed E-state index contributed by atoms with van der Waals surface area (Å²) in [5.74, 6) is 0.455. The van der Waals surface area contributed by atoms with Gasteiger partial charge in [0.1, 0.15) is 0 Å². The van der Waals surface area contributed by atoms with Crippen molar-refractivity contribution in [2.45, 2.75) is 13.8 Å². The third-order valence-corrected chi connectivity index (χ3v) is 5.21. The number of carbonyl (C=O) groups is 1. The number of hydrogen-bond acceptors (Lipinski definition) is 5. The molecule has 0 radical (unpaired) electrons. The average molecular weight is 392 g/mol. The predicted molar refractivity (Wildman–Crippen MR) is 122 cm³/mol. The molecule has 0 saturated carbocycles. The molecule has 5 rings (SSSR count). The second kappa shape index (κ2) is 7.12. The molecule has 0 amide bonds. The maximum atomic E-state index is 12.8. The maximum absolute atomic E-state index is 12.8. The molecule has 1 heterocycles. The van der Waals surface area contributed by atoms with E-state index in [-0.39, 0.29) is 5.78 Å². The van der Waals surface area contributed by atoms with E-state index in [1.807, 2.05) is 48.5 Å². The van der Waals surface area contributed by atoms with Gasteiger partial charge in [-0.25, -0.2) is 9.97 Å². The Morgan fingerprint density at radius 3 is 2.40 bits per heavy atom. The molecular formula is C25H20N4O. The molecule has 1 aliphatic carbocycles. The van der Waals surface area contributed by atoms with Crippen molar-refractivity contribution in [1.29, 1.82) is 0 Å². The lowest BCUT2D eigenvalue weighted by Gasteiger charge is -2.18. The Balaban J connectivity index is 1.60. The standard InChI is InChI=1S/C25H20N4O/c1-15-8-9-18(16(2)14-15)27-21-11-10-19-23-20(12-13-22(30)24(21)23)29-25(28-19)26-17-6-4-3-5-7-17/h3-14,27H,1-2H3,(H,26,28,29). The summed E-state index contributed by atoms with van der Waals surface area (Å²) in [6, 6.07) is 19.8. The number of carbonyl (C=O) groups excluding carboxylic acids is 1. The summed E-state index contributed by atoms with van der Waals surface area (Å²) in [4.78, 5) is 22.1. The van der Waals surface area contributed by atoms with Crippen LogP contribution in [-0.4, -0.2) is 15.8 Å². The van der Waals surface area contributed by atoms with E-state index < -0.39 is 0 Å². The van der Waals surface area contributed by atoms with Crippen LogP contribution < -0.4 is 10.6 Å². The number of ketones is 1. The Labute approximate surface area is 174 Å². The van der Waals surface area contributed by atoms with Crippen LogP contribution in [0.3, 0.4) is 0 Å². The minimum atomic E-state index is -0.0484. The van der Waals surface area contributed by atoms with Crippen molar-refractivity contribution in [3.63, 3.8) is 0 Å². The summed E-state index contributed by atoms with van der Waals surface area (Å²) in [7, 11) is 0. The number of aryl methyl sites for hydroxylation is 2. The number of hydrogen-bond donors (Lipinski definition) is 2. The van der Waals surface area contributed by atoms with Crippen LogP contribution in [0.2, 0.25) is 0 Å². The van der Waals surface area contributed by atoms with E-state index in [9.17, 15) is 4.79 Å². The molecule has 30 heavy (non-hydrogen) atoms. The molecule has 0 spiro atoms. The van der Waals surface area contributed by atoms with Gasteiger partial charge in [0.05, 0.1) is 22.5 Å². The molecule has 2 N–H and O–H groups in total. The van der Waals surface area contributed by atoms with Gasteiger partial charge in [-0.2, -0.15) is 0 Å². The largest absolute Gasteiger partial charge is 0.355 e. The Morgan fingerprint density at radius 2 is 1.60 bits per heavy atom. The fourth-order valence-electron chi connectivity index (χ4n) is 3.78. The van der Waals surface area contributed by atoms with Gasteiger partial charge < -0.3 is 10.6 Å². The summed E-state index contributed by atoms with van der Waals surface area (Å²) >= 11 is 0. The van der Waals surface area contributed by atoms with Crippen molar-refractivity contribution in [2.75, 3.05) is 10.6 Å². The number of nitrogens with one attached hydrogen (secondary N) is 2. The molecular weight excluding hydrogens is 372 g/mol. The predicted octanol–water partition coefficient (Wildman–Crippen LogP) is 5.94. The van der Waals surface area contributed by atoms with Crippen molar-refractivity contribution in [3.8, 4) is 0 Å². The van der Waals surface area contributed by atoms with Crippen molar-refractivity contribution in [2.24, 2.45) is 0 Å². The van der Waals surface area contributed by atoms with E-state index in [1.54, 1.807) is 12.2 Å². The number of aromatic nitrogens is 2. The van der Waals surface area contributed by atoms with Gasteiger partial charge in [0.25, 0.3) is 0 Å². The first-order chi connectivity index (χ1) is 14.6. The lowest BCUT2D eigenvalue weighted by molar-refractivity contribution is 0.104. The monoisotopic (exact) mass is 392 g/mol. The van der Waals surface area contributed by atoms with Crippen LogP contribution in [0.1, 0.15) is 27.2 Å². The highest BCUT2D eigenvalue weighted by Gasteiger charge is 2.22. The number of nitrogens with zero attached hydrogens (tertiary/aromatic N) is 2. The molecule has 3 aromatic carbocycles. The zero-order valence-corrected chi connectivity index (χ0v) is 16.7. The number of rotatable bonds is 4. The van der Waals surface area contributed by atoms with Crippen LogP contribution in [0.4, 0.5) is 23.0 Å². The topological polar surface area (TPSA) is 66.9 Å². The summed E-state index contributed by atoms with van der Waals surface area (Å²) in [5.41, 5.74) is 7.05. The number of anilines is 4. The van der Waals surface area contributed by atoms with Crippen molar-refractivity contribution >= 4 is 45.8 Å². The van der Waals surface area contributed by atoms with Crippen LogP contribution in [0.5, 0.6) is 0 Å². The first-order valence-corrected chi connectivity index (χ1v) is 9.82. The van der Waals surface area contributed by atoms with Gasteiger partial charge >= 0.3 is 0 Å². The van der Waals surface area contributed by atoms with E-state index in [1.165, 1.54) is 5.56 Å². The molecule has 1 aliphatic rings. The molecule has 5 heteroatoms. The first kappa shape index (κ1) is 18.1. The fourth-order valence-corrected chi connectivity index (χ4v) is 3.78.